The van der Waals surface area contributed by atoms with Gasteiger partial charge in [-0.05, 0) is 26.3 Å². The van der Waals surface area contributed by atoms with Gasteiger partial charge in [-0.1, -0.05) is 11.8 Å². The second kappa shape index (κ2) is 7.40. The Bertz CT molecular complexity index is 919. The van der Waals surface area contributed by atoms with Crippen LogP contribution in [-0.2, 0) is 17.0 Å². The highest BCUT2D eigenvalue weighted by molar-refractivity contribution is 7.98. The van der Waals surface area contributed by atoms with Gasteiger partial charge in [0.15, 0.2) is 5.16 Å². The number of anilines is 1. The van der Waals surface area contributed by atoms with Crippen LogP contribution in [-0.4, -0.2) is 32.1 Å². The van der Waals surface area contributed by atoms with E-state index in [2.05, 4.69) is 26.4 Å². The highest BCUT2D eigenvalue weighted by Crippen LogP contribution is 2.33. The lowest BCUT2D eigenvalue weighted by Gasteiger charge is -2.05. The number of thiophene rings is 1. The van der Waals surface area contributed by atoms with Gasteiger partial charge >= 0.3 is 5.97 Å². The van der Waals surface area contributed by atoms with Crippen LogP contribution < -0.4 is 5.73 Å². The molecule has 132 valence electrons. The molecule has 0 unspecified atom stereocenters. The molecule has 3 rings (SSSR count). The van der Waals surface area contributed by atoms with E-state index in [9.17, 15) is 4.79 Å². The zero-order valence-electron chi connectivity index (χ0n) is 14.3. The first kappa shape index (κ1) is 17.7. The lowest BCUT2D eigenvalue weighted by Crippen LogP contribution is -2.04. The molecular weight excluding hydrogens is 358 g/mol. The fourth-order valence-corrected chi connectivity index (χ4v) is 4.46. The summed E-state index contributed by atoms with van der Waals surface area (Å²) in [6.45, 7) is 6.89. The van der Waals surface area contributed by atoms with E-state index in [4.69, 9.17) is 10.5 Å². The van der Waals surface area contributed by atoms with E-state index in [1.807, 2.05) is 13.1 Å². The second-order valence-electron chi connectivity index (χ2n) is 5.27. The summed E-state index contributed by atoms with van der Waals surface area (Å²) in [4.78, 5) is 26.6. The van der Waals surface area contributed by atoms with Crippen molar-refractivity contribution in [1.82, 2.24) is 19.5 Å². The number of carbonyl (C=O) groups excluding carboxylic acids is 1. The van der Waals surface area contributed by atoms with E-state index in [1.165, 1.54) is 11.3 Å². The molecule has 0 aliphatic heterocycles. The molecule has 0 aromatic carbocycles. The minimum atomic E-state index is -0.344. The Morgan fingerprint density at radius 2 is 2.20 bits per heavy atom. The third-order valence-electron chi connectivity index (χ3n) is 3.67. The van der Waals surface area contributed by atoms with E-state index in [-0.39, 0.29) is 5.97 Å². The Balaban J connectivity index is 1.89. The summed E-state index contributed by atoms with van der Waals surface area (Å²) in [7, 11) is 0. The first-order chi connectivity index (χ1) is 12.0. The van der Waals surface area contributed by atoms with E-state index in [0.29, 0.717) is 33.7 Å². The van der Waals surface area contributed by atoms with Crippen molar-refractivity contribution >= 4 is 45.1 Å². The molecule has 0 saturated heterocycles. The number of ether oxygens (including phenoxy) is 1. The normalized spacial score (nSPS) is 11.2. The predicted molar refractivity (Wildman–Crippen MR) is 100.0 cm³/mol. The fraction of sp³-hybridized carbons (Fsp3) is 0.375. The van der Waals surface area contributed by atoms with E-state index in [0.717, 1.165) is 22.7 Å². The summed E-state index contributed by atoms with van der Waals surface area (Å²) in [5.41, 5.74) is 6.90. The molecule has 0 aliphatic rings. The van der Waals surface area contributed by atoms with Crippen LogP contribution >= 0.6 is 23.1 Å². The van der Waals surface area contributed by atoms with Gasteiger partial charge in [0, 0.05) is 18.9 Å². The van der Waals surface area contributed by atoms with Gasteiger partial charge in [0.05, 0.1) is 17.7 Å². The van der Waals surface area contributed by atoms with Crippen molar-refractivity contribution in [2.45, 2.75) is 38.2 Å². The standard InChI is InChI=1S/C16H19N5O2S2/c1-4-21-7-6-18-16(21)24-8-10-19-13(17)11-9(3)12(15(22)23-5-2)25-14(11)20-10/h6-7H,4-5,8H2,1-3H3,(H2,17,19,20). The molecule has 0 atom stereocenters. The van der Waals surface area contributed by atoms with Gasteiger partial charge in [0.25, 0.3) is 0 Å². The molecule has 0 bridgehead atoms. The molecule has 0 saturated carbocycles. The molecule has 0 aliphatic carbocycles. The van der Waals surface area contributed by atoms with E-state index < -0.39 is 0 Å². The van der Waals surface area contributed by atoms with Gasteiger partial charge in [-0.2, -0.15) is 0 Å². The SMILES string of the molecule is CCOC(=O)c1sc2nc(CSc3nccn3CC)nc(N)c2c1C. The van der Waals surface area contributed by atoms with Gasteiger partial charge in [0.1, 0.15) is 21.3 Å². The summed E-state index contributed by atoms with van der Waals surface area (Å²) < 4.78 is 7.15. The minimum Gasteiger partial charge on any atom is -0.462 e. The number of nitrogen functional groups attached to an aromatic ring is 1. The van der Waals surface area contributed by atoms with E-state index >= 15 is 0 Å². The molecule has 25 heavy (non-hydrogen) atoms. The molecule has 3 aromatic heterocycles. The number of esters is 1. The maximum atomic E-state index is 12.1. The predicted octanol–water partition coefficient (Wildman–Crippen LogP) is 3.27. The largest absolute Gasteiger partial charge is 0.462 e. The van der Waals surface area contributed by atoms with Gasteiger partial charge in [-0.15, -0.1) is 11.3 Å². The molecule has 0 fully saturated rings. The number of hydrogen-bond donors (Lipinski definition) is 1. The third kappa shape index (κ3) is 3.47. The van der Waals surface area contributed by atoms with Crippen LogP contribution in [0.15, 0.2) is 17.6 Å². The molecule has 3 heterocycles. The molecule has 9 heteroatoms. The van der Waals surface area contributed by atoms with Crippen LogP contribution in [0.4, 0.5) is 5.82 Å². The molecule has 0 spiro atoms. The summed E-state index contributed by atoms with van der Waals surface area (Å²) in [6, 6.07) is 0. The summed E-state index contributed by atoms with van der Waals surface area (Å²) >= 11 is 2.85. The number of nitrogens with zero attached hydrogens (tertiary/aromatic N) is 4. The van der Waals surface area contributed by atoms with Gasteiger partial charge in [-0.3, -0.25) is 0 Å². The smallest absolute Gasteiger partial charge is 0.348 e. The first-order valence-electron chi connectivity index (χ1n) is 7.91. The van der Waals surface area contributed by atoms with Crippen molar-refractivity contribution in [3.63, 3.8) is 0 Å². The van der Waals surface area contributed by atoms with Crippen molar-refractivity contribution in [2.75, 3.05) is 12.3 Å². The average molecular weight is 377 g/mol. The number of imidazole rings is 1. The zero-order chi connectivity index (χ0) is 18.0. The Labute approximate surface area is 153 Å². The molecule has 7 nitrogen and oxygen atoms in total. The summed E-state index contributed by atoms with van der Waals surface area (Å²) in [5.74, 6) is 1.23. The molecule has 2 N–H and O–H groups in total. The fourth-order valence-electron chi connectivity index (χ4n) is 2.48. The van der Waals surface area contributed by atoms with E-state index in [1.54, 1.807) is 24.9 Å². The number of aryl methyl sites for hydroxylation is 2. The quantitative estimate of drug-likeness (QED) is 0.520. The van der Waals surface area contributed by atoms with Crippen molar-refractivity contribution in [1.29, 1.82) is 0 Å². The molecule has 0 amide bonds. The van der Waals surface area contributed by atoms with Crippen molar-refractivity contribution in [3.05, 3.63) is 28.7 Å². The first-order valence-corrected chi connectivity index (χ1v) is 9.71. The number of carbonyl (C=O) groups is 1. The highest BCUT2D eigenvalue weighted by Gasteiger charge is 2.20. The average Bonchev–Trinajstić information content (AvgIpc) is 3.17. The topological polar surface area (TPSA) is 95.9 Å². The Morgan fingerprint density at radius 3 is 2.92 bits per heavy atom. The van der Waals surface area contributed by atoms with Crippen LogP contribution in [0.25, 0.3) is 10.2 Å². The number of hydrogen-bond acceptors (Lipinski definition) is 8. The van der Waals surface area contributed by atoms with Crippen LogP contribution in [0.5, 0.6) is 0 Å². The molecular formula is C16H19N5O2S2. The van der Waals surface area contributed by atoms with Crippen LogP contribution in [0, 0.1) is 6.92 Å². The Kier molecular flexibility index (Phi) is 5.24. The van der Waals surface area contributed by atoms with Gasteiger partial charge < -0.3 is 15.0 Å². The van der Waals surface area contributed by atoms with Crippen LogP contribution in [0.3, 0.4) is 0 Å². The minimum absolute atomic E-state index is 0.333. The summed E-state index contributed by atoms with van der Waals surface area (Å²) in [5, 5.41) is 1.65. The number of fused-ring (bicyclic) bond motifs is 1. The van der Waals surface area contributed by atoms with Gasteiger partial charge in [-0.25, -0.2) is 19.7 Å². The third-order valence-corrected chi connectivity index (χ3v) is 5.84. The monoisotopic (exact) mass is 377 g/mol. The number of rotatable bonds is 6. The van der Waals surface area contributed by atoms with Crippen LogP contribution in [0.2, 0.25) is 0 Å². The Hall–Kier alpha value is -2.13. The summed E-state index contributed by atoms with van der Waals surface area (Å²) in [6.07, 6.45) is 3.72. The van der Waals surface area contributed by atoms with Crippen molar-refractivity contribution < 1.29 is 9.53 Å². The number of nitrogens with two attached hydrogens (primary N) is 1. The van der Waals surface area contributed by atoms with Crippen molar-refractivity contribution in [2.24, 2.45) is 0 Å². The van der Waals surface area contributed by atoms with Crippen molar-refractivity contribution in [3.8, 4) is 0 Å². The lowest BCUT2D eigenvalue weighted by atomic mass is 10.2. The number of aromatic nitrogens is 4. The maximum Gasteiger partial charge on any atom is 0.348 e. The lowest BCUT2D eigenvalue weighted by molar-refractivity contribution is 0.0531. The zero-order valence-corrected chi connectivity index (χ0v) is 15.9. The highest BCUT2D eigenvalue weighted by atomic mass is 32.2. The second-order valence-corrected chi connectivity index (χ2v) is 7.21. The van der Waals surface area contributed by atoms with Crippen LogP contribution in [0.1, 0.15) is 34.9 Å². The molecule has 0 radical (unpaired) electrons. The van der Waals surface area contributed by atoms with Gasteiger partial charge in [0.2, 0.25) is 0 Å². The molecule has 3 aromatic rings. The maximum absolute atomic E-state index is 12.1. The Morgan fingerprint density at radius 1 is 1.40 bits per heavy atom. The number of thioether (sulfide) groups is 1.